The van der Waals surface area contributed by atoms with Crippen molar-refractivity contribution in [2.75, 3.05) is 0 Å². The molecule has 0 fully saturated rings. The first-order valence-corrected chi connectivity index (χ1v) is 4.06. The zero-order valence-corrected chi connectivity index (χ0v) is 7.33. The van der Waals surface area contributed by atoms with E-state index < -0.39 is 11.3 Å². The number of Topliss-reactive ketones (excluding diaryl/α,β-unsaturated/α-hetero) is 1. The van der Waals surface area contributed by atoms with Crippen molar-refractivity contribution in [3.05, 3.63) is 18.1 Å². The number of halogens is 3. The van der Waals surface area contributed by atoms with E-state index in [9.17, 15) is 18.0 Å². The molecule has 0 bridgehead atoms. The summed E-state index contributed by atoms with van der Waals surface area (Å²) >= 11 is -0.352. The molecule has 2 nitrogen and oxygen atoms in total. The predicted octanol–water partition coefficient (Wildman–Crippen LogP) is 3.09. The van der Waals surface area contributed by atoms with Crippen molar-refractivity contribution in [1.82, 2.24) is 0 Å². The average Bonchev–Trinajstić information content (AvgIpc) is 2.31. The fraction of sp³-hybridized carbons (Fsp3) is 0.286. The standard InChI is InChI=1S/C7H5F3O2S/c1-4(11)6-5(2-3-12-6)13-7(8,9)10/h2-3H,1H3. The van der Waals surface area contributed by atoms with Crippen molar-refractivity contribution in [3.63, 3.8) is 0 Å². The Hall–Kier alpha value is -0.910. The number of hydrogen-bond donors (Lipinski definition) is 0. The Morgan fingerprint density at radius 2 is 2.15 bits per heavy atom. The quantitative estimate of drug-likeness (QED) is 0.555. The molecular formula is C7H5F3O2S. The molecule has 0 saturated heterocycles. The van der Waals surface area contributed by atoms with Crippen LogP contribution in [-0.4, -0.2) is 11.3 Å². The Bertz CT molecular complexity index is 316. The Morgan fingerprint density at radius 3 is 2.62 bits per heavy atom. The van der Waals surface area contributed by atoms with Crippen LogP contribution in [0.2, 0.25) is 0 Å². The van der Waals surface area contributed by atoms with E-state index in [2.05, 4.69) is 4.42 Å². The van der Waals surface area contributed by atoms with Gasteiger partial charge in [0.25, 0.3) is 0 Å². The number of thioether (sulfide) groups is 1. The molecule has 0 spiro atoms. The lowest BCUT2D eigenvalue weighted by Gasteiger charge is -2.03. The van der Waals surface area contributed by atoms with E-state index in [1.165, 1.54) is 0 Å². The summed E-state index contributed by atoms with van der Waals surface area (Å²) in [5.41, 5.74) is -4.39. The molecule has 72 valence electrons. The Morgan fingerprint density at radius 1 is 1.54 bits per heavy atom. The molecule has 1 rings (SSSR count). The van der Waals surface area contributed by atoms with Gasteiger partial charge in [-0.25, -0.2) is 0 Å². The van der Waals surface area contributed by atoms with Gasteiger partial charge in [-0.15, -0.1) is 0 Å². The lowest BCUT2D eigenvalue weighted by atomic mass is 10.3. The van der Waals surface area contributed by atoms with Crippen LogP contribution in [0.5, 0.6) is 0 Å². The summed E-state index contributed by atoms with van der Waals surface area (Å²) < 4.78 is 40.2. The summed E-state index contributed by atoms with van der Waals surface area (Å²) in [4.78, 5) is 10.5. The second-order valence-corrected chi connectivity index (χ2v) is 3.32. The number of carbonyl (C=O) groups excluding carboxylic acids is 1. The molecule has 0 aromatic carbocycles. The van der Waals surface area contributed by atoms with Crippen LogP contribution in [0.25, 0.3) is 0 Å². The number of carbonyl (C=O) groups is 1. The van der Waals surface area contributed by atoms with E-state index in [0.29, 0.717) is 0 Å². The summed E-state index contributed by atoms with van der Waals surface area (Å²) in [7, 11) is 0. The van der Waals surface area contributed by atoms with E-state index in [-0.39, 0.29) is 22.4 Å². The Balaban J connectivity index is 2.89. The molecule has 0 saturated carbocycles. The van der Waals surface area contributed by atoms with Gasteiger partial charge in [-0.2, -0.15) is 13.2 Å². The molecule has 1 aromatic heterocycles. The molecule has 1 aromatic rings. The molecule has 0 aliphatic heterocycles. The smallest absolute Gasteiger partial charge is 0.446 e. The second-order valence-electron chi connectivity index (χ2n) is 2.22. The molecule has 0 aliphatic carbocycles. The van der Waals surface area contributed by atoms with Crippen LogP contribution in [-0.2, 0) is 0 Å². The molecule has 1 heterocycles. The largest absolute Gasteiger partial charge is 0.460 e. The maximum absolute atomic E-state index is 11.9. The van der Waals surface area contributed by atoms with Crippen LogP contribution in [0.15, 0.2) is 21.6 Å². The summed E-state index contributed by atoms with van der Waals surface area (Å²) in [6.07, 6.45) is 1.06. The average molecular weight is 210 g/mol. The molecular weight excluding hydrogens is 205 g/mol. The highest BCUT2D eigenvalue weighted by molar-refractivity contribution is 8.00. The fourth-order valence-electron chi connectivity index (χ4n) is 0.759. The minimum absolute atomic E-state index is 0.194. The van der Waals surface area contributed by atoms with Gasteiger partial charge in [-0.05, 0) is 17.8 Å². The lowest BCUT2D eigenvalue weighted by Crippen LogP contribution is -2.01. The monoisotopic (exact) mass is 210 g/mol. The molecule has 6 heteroatoms. The van der Waals surface area contributed by atoms with Gasteiger partial charge in [-0.3, -0.25) is 4.79 Å². The zero-order chi connectivity index (χ0) is 10.1. The SMILES string of the molecule is CC(=O)c1occc1SC(F)(F)F. The second kappa shape index (κ2) is 3.45. The molecule has 13 heavy (non-hydrogen) atoms. The Labute approximate surface area is 76.1 Å². The first-order chi connectivity index (χ1) is 5.90. The minimum atomic E-state index is -4.39. The van der Waals surface area contributed by atoms with Gasteiger partial charge >= 0.3 is 5.51 Å². The van der Waals surface area contributed by atoms with E-state index in [1.54, 1.807) is 0 Å². The number of alkyl halides is 3. The summed E-state index contributed by atoms with van der Waals surface area (Å²) in [5.74, 6) is -0.765. The van der Waals surface area contributed by atoms with Gasteiger partial charge in [0.2, 0.25) is 0 Å². The molecule has 0 N–H and O–H groups in total. The highest BCUT2D eigenvalue weighted by atomic mass is 32.2. The minimum Gasteiger partial charge on any atom is -0.460 e. The van der Waals surface area contributed by atoms with Crippen molar-refractivity contribution in [2.45, 2.75) is 17.3 Å². The number of ketones is 1. The fourth-order valence-corrected chi connectivity index (χ4v) is 1.42. The number of hydrogen-bond acceptors (Lipinski definition) is 3. The molecule has 0 radical (unpaired) electrons. The third kappa shape index (κ3) is 2.80. The predicted molar refractivity (Wildman–Crippen MR) is 40.6 cm³/mol. The van der Waals surface area contributed by atoms with Crippen LogP contribution in [0, 0.1) is 0 Å². The Kier molecular flexibility index (Phi) is 2.70. The molecule has 0 atom stereocenters. The molecule has 0 unspecified atom stereocenters. The van der Waals surface area contributed by atoms with Gasteiger partial charge in [-0.1, -0.05) is 0 Å². The summed E-state index contributed by atoms with van der Waals surface area (Å²) in [6.45, 7) is 1.15. The van der Waals surface area contributed by atoms with Crippen LogP contribution < -0.4 is 0 Å². The lowest BCUT2D eigenvalue weighted by molar-refractivity contribution is -0.0328. The highest BCUT2D eigenvalue weighted by Gasteiger charge is 2.32. The first-order valence-electron chi connectivity index (χ1n) is 3.24. The van der Waals surface area contributed by atoms with Crippen LogP contribution >= 0.6 is 11.8 Å². The van der Waals surface area contributed by atoms with Crippen molar-refractivity contribution in [1.29, 1.82) is 0 Å². The van der Waals surface area contributed by atoms with Crippen molar-refractivity contribution in [2.24, 2.45) is 0 Å². The van der Waals surface area contributed by atoms with Gasteiger partial charge in [0.05, 0.1) is 11.2 Å². The molecule has 0 aliphatic rings. The van der Waals surface area contributed by atoms with Crippen LogP contribution in [0.4, 0.5) is 13.2 Å². The van der Waals surface area contributed by atoms with Crippen LogP contribution in [0.3, 0.4) is 0 Å². The molecule has 0 amide bonds. The summed E-state index contributed by atoms with van der Waals surface area (Å²) in [6, 6.07) is 1.12. The first kappa shape index (κ1) is 10.2. The van der Waals surface area contributed by atoms with E-state index in [4.69, 9.17) is 0 Å². The maximum atomic E-state index is 11.9. The van der Waals surface area contributed by atoms with Crippen LogP contribution in [0.1, 0.15) is 17.5 Å². The third-order valence-electron chi connectivity index (χ3n) is 1.17. The van der Waals surface area contributed by atoms with Crippen molar-refractivity contribution < 1.29 is 22.4 Å². The summed E-state index contributed by atoms with van der Waals surface area (Å²) in [5, 5.41) is 0. The zero-order valence-electron chi connectivity index (χ0n) is 6.51. The third-order valence-corrected chi connectivity index (χ3v) is 1.95. The van der Waals surface area contributed by atoms with Gasteiger partial charge < -0.3 is 4.42 Å². The number of furan rings is 1. The van der Waals surface area contributed by atoms with Gasteiger partial charge in [0.15, 0.2) is 11.5 Å². The van der Waals surface area contributed by atoms with Gasteiger partial charge in [0, 0.05) is 6.92 Å². The van der Waals surface area contributed by atoms with Gasteiger partial charge in [0.1, 0.15) is 0 Å². The topological polar surface area (TPSA) is 30.2 Å². The van der Waals surface area contributed by atoms with E-state index in [0.717, 1.165) is 19.3 Å². The normalized spacial score (nSPS) is 11.7. The van der Waals surface area contributed by atoms with Crippen molar-refractivity contribution >= 4 is 17.5 Å². The highest BCUT2D eigenvalue weighted by Crippen LogP contribution is 2.38. The van der Waals surface area contributed by atoms with E-state index in [1.807, 2.05) is 0 Å². The van der Waals surface area contributed by atoms with E-state index >= 15 is 0 Å². The number of rotatable bonds is 2. The maximum Gasteiger partial charge on any atom is 0.446 e. The van der Waals surface area contributed by atoms with Crippen molar-refractivity contribution in [3.8, 4) is 0 Å².